The van der Waals surface area contributed by atoms with Crippen LogP contribution in [-0.4, -0.2) is 14.5 Å². The summed E-state index contributed by atoms with van der Waals surface area (Å²) in [5.41, 5.74) is 6.16. The summed E-state index contributed by atoms with van der Waals surface area (Å²) in [5, 5.41) is 3.79. The van der Waals surface area contributed by atoms with Gasteiger partial charge in [-0.3, -0.25) is 9.78 Å². The lowest BCUT2D eigenvalue weighted by molar-refractivity contribution is 0.642. The number of hydrogen-bond acceptors (Lipinski definition) is 4. The lowest BCUT2D eigenvalue weighted by Crippen LogP contribution is -2.24. The molecular formula is C23H17Cl2N3OS. The van der Waals surface area contributed by atoms with Crippen LogP contribution in [0.3, 0.4) is 0 Å². The lowest BCUT2D eigenvalue weighted by Gasteiger charge is -2.19. The first kappa shape index (κ1) is 19.5. The van der Waals surface area contributed by atoms with E-state index in [-0.39, 0.29) is 5.56 Å². The summed E-state index contributed by atoms with van der Waals surface area (Å²) in [6, 6.07) is 9.40. The number of aromatic nitrogens is 3. The van der Waals surface area contributed by atoms with Gasteiger partial charge in [-0.15, -0.1) is 11.3 Å². The minimum absolute atomic E-state index is 0.0371. The van der Waals surface area contributed by atoms with Gasteiger partial charge in [0.25, 0.3) is 5.56 Å². The number of nitrogens with zero attached hydrogens (tertiary/aromatic N) is 3. The maximum atomic E-state index is 13.6. The first-order valence-electron chi connectivity index (χ1n) is 9.62. The second-order valence-electron chi connectivity index (χ2n) is 7.33. The average molecular weight is 454 g/mol. The van der Waals surface area contributed by atoms with E-state index < -0.39 is 0 Å². The third-order valence-corrected chi connectivity index (χ3v) is 6.90. The number of hydrogen-bond donors (Lipinski definition) is 0. The fourth-order valence-electron chi connectivity index (χ4n) is 4.00. The second kappa shape index (κ2) is 7.65. The zero-order valence-electron chi connectivity index (χ0n) is 16.2. The van der Waals surface area contributed by atoms with Gasteiger partial charge in [0.2, 0.25) is 0 Å². The molecule has 0 N–H and O–H groups in total. The van der Waals surface area contributed by atoms with Gasteiger partial charge in [0, 0.05) is 56.7 Å². The molecule has 0 saturated heterocycles. The van der Waals surface area contributed by atoms with E-state index in [0.29, 0.717) is 22.2 Å². The van der Waals surface area contributed by atoms with Crippen molar-refractivity contribution in [3.63, 3.8) is 0 Å². The number of thiazole rings is 1. The Labute approximate surface area is 187 Å². The molecule has 0 atom stereocenters. The Bertz CT molecular complexity index is 1340. The number of pyridine rings is 2. The Balaban J connectivity index is 1.90. The highest BCUT2D eigenvalue weighted by Gasteiger charge is 2.24. The number of benzene rings is 1. The van der Waals surface area contributed by atoms with Gasteiger partial charge in [-0.1, -0.05) is 29.3 Å². The topological polar surface area (TPSA) is 47.8 Å². The monoisotopic (exact) mass is 453 g/mol. The predicted molar refractivity (Wildman–Crippen MR) is 124 cm³/mol. The van der Waals surface area contributed by atoms with Gasteiger partial charge in [0.05, 0.1) is 11.3 Å². The first-order valence-corrected chi connectivity index (χ1v) is 11.3. The molecule has 1 aliphatic heterocycles. The number of fused-ring (bicyclic) bond motifs is 3. The third-order valence-electron chi connectivity index (χ3n) is 5.35. The van der Waals surface area contributed by atoms with Crippen LogP contribution in [0.2, 0.25) is 10.0 Å². The molecular weight excluding hydrogens is 437 g/mol. The largest absolute Gasteiger partial charge is 0.307 e. The maximum Gasteiger partial charge on any atom is 0.261 e. The molecule has 4 aromatic rings. The molecule has 5 rings (SSSR count). The van der Waals surface area contributed by atoms with Gasteiger partial charge in [-0.05, 0) is 49.6 Å². The quantitative estimate of drug-likeness (QED) is 0.359. The van der Waals surface area contributed by atoms with Gasteiger partial charge in [0.15, 0.2) is 0 Å². The van der Waals surface area contributed by atoms with Gasteiger partial charge in [-0.25, -0.2) is 4.98 Å². The molecule has 0 amide bonds. The molecule has 4 nitrogen and oxygen atoms in total. The third kappa shape index (κ3) is 3.27. The normalized spacial score (nSPS) is 12.9. The molecule has 7 heteroatoms. The van der Waals surface area contributed by atoms with Crippen molar-refractivity contribution >= 4 is 34.5 Å². The molecule has 0 spiro atoms. The smallest absolute Gasteiger partial charge is 0.261 e. The molecule has 1 aromatic carbocycles. The predicted octanol–water partition coefficient (Wildman–Crippen LogP) is 6.26. The van der Waals surface area contributed by atoms with Crippen molar-refractivity contribution in [1.82, 2.24) is 14.5 Å². The highest BCUT2D eigenvalue weighted by atomic mass is 35.5. The summed E-state index contributed by atoms with van der Waals surface area (Å²) in [6.45, 7) is 2.55. The fourth-order valence-corrected chi connectivity index (χ4v) is 5.31. The molecule has 30 heavy (non-hydrogen) atoms. The SMILES string of the molecule is Cc1csc(-c2cc(-c3ccc(Cl)cc3Cl)c3n(c2=O)CCCc2ccncc2-3)n1. The van der Waals surface area contributed by atoms with Crippen LogP contribution in [-0.2, 0) is 13.0 Å². The van der Waals surface area contributed by atoms with E-state index in [1.807, 2.05) is 47.3 Å². The van der Waals surface area contributed by atoms with Crippen LogP contribution in [0, 0.1) is 6.92 Å². The van der Waals surface area contributed by atoms with Crippen LogP contribution in [0.5, 0.6) is 0 Å². The second-order valence-corrected chi connectivity index (χ2v) is 9.03. The van der Waals surface area contributed by atoms with E-state index in [1.54, 1.807) is 12.3 Å². The lowest BCUT2D eigenvalue weighted by atomic mass is 9.95. The minimum atomic E-state index is -0.0371. The Morgan fingerprint density at radius 2 is 1.93 bits per heavy atom. The van der Waals surface area contributed by atoms with E-state index in [1.165, 1.54) is 16.9 Å². The standard InChI is InChI=1S/C23H17Cl2N3OS/c1-13-12-30-22(27-13)18-10-17(16-5-4-15(24)9-20(16)25)21-19-11-26-7-6-14(19)3-2-8-28(21)23(18)29/h4-7,9-12H,2-3,8H2,1H3. The Hall–Kier alpha value is -2.47. The molecule has 3 aromatic heterocycles. The maximum absolute atomic E-state index is 13.6. The summed E-state index contributed by atoms with van der Waals surface area (Å²) in [4.78, 5) is 22.5. The van der Waals surface area contributed by atoms with Crippen LogP contribution < -0.4 is 5.56 Å². The summed E-state index contributed by atoms with van der Waals surface area (Å²) in [5.74, 6) is 0. The van der Waals surface area contributed by atoms with E-state index >= 15 is 0 Å². The molecule has 0 radical (unpaired) electrons. The van der Waals surface area contributed by atoms with Gasteiger partial charge < -0.3 is 4.57 Å². The summed E-state index contributed by atoms with van der Waals surface area (Å²) in [6.07, 6.45) is 5.40. The van der Waals surface area contributed by atoms with Crippen molar-refractivity contribution in [2.45, 2.75) is 26.3 Å². The van der Waals surface area contributed by atoms with E-state index in [2.05, 4.69) is 9.97 Å². The fraction of sp³-hybridized carbons (Fsp3) is 0.174. The van der Waals surface area contributed by atoms with Crippen LogP contribution >= 0.6 is 34.5 Å². The van der Waals surface area contributed by atoms with Crippen LogP contribution in [0.25, 0.3) is 33.0 Å². The van der Waals surface area contributed by atoms with Gasteiger partial charge in [-0.2, -0.15) is 0 Å². The summed E-state index contributed by atoms with van der Waals surface area (Å²) < 4.78 is 1.86. The van der Waals surface area contributed by atoms with Crippen molar-refractivity contribution < 1.29 is 0 Å². The minimum Gasteiger partial charge on any atom is -0.307 e. The highest BCUT2D eigenvalue weighted by molar-refractivity contribution is 7.13. The van der Waals surface area contributed by atoms with E-state index in [4.69, 9.17) is 23.2 Å². The zero-order valence-corrected chi connectivity index (χ0v) is 18.5. The molecule has 0 saturated carbocycles. The molecule has 0 unspecified atom stereocenters. The van der Waals surface area contributed by atoms with Gasteiger partial charge >= 0.3 is 0 Å². The Morgan fingerprint density at radius 3 is 2.70 bits per heavy atom. The van der Waals surface area contributed by atoms with Crippen molar-refractivity contribution in [2.24, 2.45) is 0 Å². The molecule has 4 heterocycles. The average Bonchev–Trinajstić information content (AvgIpc) is 3.05. The van der Waals surface area contributed by atoms with E-state index in [9.17, 15) is 4.79 Å². The number of rotatable bonds is 2. The van der Waals surface area contributed by atoms with Crippen LogP contribution in [0.1, 0.15) is 17.7 Å². The van der Waals surface area contributed by atoms with Crippen molar-refractivity contribution in [2.75, 3.05) is 0 Å². The molecule has 0 bridgehead atoms. The van der Waals surface area contributed by atoms with E-state index in [0.717, 1.165) is 45.9 Å². The molecule has 0 aliphatic carbocycles. The van der Waals surface area contributed by atoms with Crippen LogP contribution in [0.15, 0.2) is 52.9 Å². The Morgan fingerprint density at radius 1 is 1.07 bits per heavy atom. The van der Waals surface area contributed by atoms with Crippen LogP contribution in [0.4, 0.5) is 0 Å². The first-order chi connectivity index (χ1) is 14.5. The van der Waals surface area contributed by atoms with Crippen molar-refractivity contribution in [3.05, 3.63) is 79.8 Å². The summed E-state index contributed by atoms with van der Waals surface area (Å²) in [7, 11) is 0. The summed E-state index contributed by atoms with van der Waals surface area (Å²) >= 11 is 14.2. The molecule has 150 valence electrons. The molecule has 0 fully saturated rings. The van der Waals surface area contributed by atoms with Gasteiger partial charge in [0.1, 0.15) is 5.01 Å². The molecule has 1 aliphatic rings. The Kier molecular flexibility index (Phi) is 4.97. The zero-order chi connectivity index (χ0) is 20.8. The van der Waals surface area contributed by atoms with Crippen molar-refractivity contribution in [3.8, 4) is 33.0 Å². The number of aryl methyl sites for hydroxylation is 2. The highest BCUT2D eigenvalue weighted by Crippen LogP contribution is 2.40. The number of halogens is 2. The van der Waals surface area contributed by atoms with Crippen molar-refractivity contribution in [1.29, 1.82) is 0 Å².